The Labute approximate surface area is 110 Å². The average Bonchev–Trinajstić information content (AvgIpc) is 2.90. The van der Waals surface area contributed by atoms with Crippen LogP contribution in [0.4, 0.5) is 0 Å². The van der Waals surface area contributed by atoms with Crippen molar-refractivity contribution in [2.75, 3.05) is 0 Å². The van der Waals surface area contributed by atoms with Crippen molar-refractivity contribution in [2.45, 2.75) is 44.8 Å². The fourth-order valence-electron chi connectivity index (χ4n) is 1.62. The Balaban J connectivity index is 2.08. The Hall–Kier alpha value is -1.34. The monoisotopic (exact) mass is 267 g/mol. The standard InChI is InChI=1S/C11H17N5OS/c1-4-16-9(5-12)14-15-11(16)18-6-10-13-7(2)8(3)17-10/h4-6,12H2,1-3H3. The molecule has 0 unspecified atom stereocenters. The molecule has 0 aliphatic heterocycles. The minimum Gasteiger partial charge on any atom is -0.445 e. The number of hydrogen-bond acceptors (Lipinski definition) is 6. The van der Waals surface area contributed by atoms with Gasteiger partial charge in [-0.25, -0.2) is 4.98 Å². The fraction of sp³-hybridized carbons (Fsp3) is 0.545. The minimum absolute atomic E-state index is 0.401. The maximum atomic E-state index is 5.61. The summed E-state index contributed by atoms with van der Waals surface area (Å²) in [5, 5.41) is 9.04. The third-order valence-corrected chi connectivity index (χ3v) is 3.64. The van der Waals surface area contributed by atoms with Gasteiger partial charge in [-0.1, -0.05) is 11.8 Å². The van der Waals surface area contributed by atoms with Gasteiger partial charge < -0.3 is 14.7 Å². The summed E-state index contributed by atoms with van der Waals surface area (Å²) in [6, 6.07) is 0. The molecule has 6 nitrogen and oxygen atoms in total. The van der Waals surface area contributed by atoms with E-state index in [2.05, 4.69) is 15.2 Å². The lowest BCUT2D eigenvalue weighted by Gasteiger charge is -2.04. The number of hydrogen-bond donors (Lipinski definition) is 1. The highest BCUT2D eigenvalue weighted by molar-refractivity contribution is 7.98. The van der Waals surface area contributed by atoms with Crippen LogP contribution in [-0.4, -0.2) is 19.7 Å². The highest BCUT2D eigenvalue weighted by Gasteiger charge is 2.12. The summed E-state index contributed by atoms with van der Waals surface area (Å²) in [6.45, 7) is 7.11. The first-order chi connectivity index (χ1) is 8.65. The molecule has 0 atom stereocenters. The zero-order valence-electron chi connectivity index (χ0n) is 10.8. The largest absolute Gasteiger partial charge is 0.445 e. The zero-order valence-corrected chi connectivity index (χ0v) is 11.6. The van der Waals surface area contributed by atoms with Gasteiger partial charge in [0, 0.05) is 6.54 Å². The molecule has 0 bridgehead atoms. The van der Waals surface area contributed by atoms with Gasteiger partial charge in [-0.2, -0.15) is 0 Å². The van der Waals surface area contributed by atoms with E-state index >= 15 is 0 Å². The Bertz CT molecular complexity index is 514. The van der Waals surface area contributed by atoms with Gasteiger partial charge in [-0.15, -0.1) is 10.2 Å². The fourth-order valence-corrected chi connectivity index (χ4v) is 2.49. The van der Waals surface area contributed by atoms with Crippen LogP contribution in [-0.2, 0) is 18.8 Å². The first kappa shape index (κ1) is 13.1. The highest BCUT2D eigenvalue weighted by atomic mass is 32.2. The van der Waals surface area contributed by atoms with Gasteiger partial charge in [0.05, 0.1) is 18.0 Å². The Morgan fingerprint density at radius 2 is 2.11 bits per heavy atom. The molecule has 2 rings (SSSR count). The third-order valence-electron chi connectivity index (χ3n) is 2.69. The molecule has 0 amide bonds. The molecular formula is C11H17N5OS. The van der Waals surface area contributed by atoms with Gasteiger partial charge in [-0.05, 0) is 20.8 Å². The van der Waals surface area contributed by atoms with Crippen molar-refractivity contribution in [3.8, 4) is 0 Å². The van der Waals surface area contributed by atoms with E-state index in [1.54, 1.807) is 11.8 Å². The first-order valence-corrected chi connectivity index (χ1v) is 6.82. The SMILES string of the molecule is CCn1c(CN)nnc1SCc1nc(C)c(C)o1. The molecule has 0 fully saturated rings. The van der Waals surface area contributed by atoms with E-state index in [1.165, 1.54) is 0 Å². The normalized spacial score (nSPS) is 11.1. The van der Waals surface area contributed by atoms with E-state index in [9.17, 15) is 0 Å². The predicted molar refractivity (Wildman–Crippen MR) is 69.1 cm³/mol. The molecule has 98 valence electrons. The van der Waals surface area contributed by atoms with Gasteiger partial charge >= 0.3 is 0 Å². The van der Waals surface area contributed by atoms with Crippen molar-refractivity contribution >= 4 is 11.8 Å². The van der Waals surface area contributed by atoms with Gasteiger partial charge in [0.15, 0.2) is 5.16 Å². The Morgan fingerprint density at radius 3 is 2.67 bits per heavy atom. The van der Waals surface area contributed by atoms with Gasteiger partial charge in [0.2, 0.25) is 5.89 Å². The molecule has 0 aromatic carbocycles. The van der Waals surface area contributed by atoms with Crippen LogP contribution in [0, 0.1) is 13.8 Å². The van der Waals surface area contributed by atoms with Crippen LogP contribution in [0.2, 0.25) is 0 Å². The smallest absolute Gasteiger partial charge is 0.205 e. The van der Waals surface area contributed by atoms with Gasteiger partial charge in [0.25, 0.3) is 0 Å². The van der Waals surface area contributed by atoms with Crippen LogP contribution in [0.15, 0.2) is 9.57 Å². The molecule has 2 aromatic rings. The Morgan fingerprint density at radius 1 is 1.33 bits per heavy atom. The van der Waals surface area contributed by atoms with Crippen LogP contribution < -0.4 is 5.73 Å². The minimum atomic E-state index is 0.401. The van der Waals surface area contributed by atoms with Crippen molar-refractivity contribution in [2.24, 2.45) is 5.73 Å². The van der Waals surface area contributed by atoms with Crippen molar-refractivity contribution < 1.29 is 4.42 Å². The summed E-state index contributed by atoms with van der Waals surface area (Å²) in [4.78, 5) is 4.34. The molecule has 18 heavy (non-hydrogen) atoms. The van der Waals surface area contributed by atoms with Crippen molar-refractivity contribution in [3.63, 3.8) is 0 Å². The van der Waals surface area contributed by atoms with E-state index in [0.717, 1.165) is 34.9 Å². The van der Waals surface area contributed by atoms with Crippen LogP contribution in [0.3, 0.4) is 0 Å². The summed E-state index contributed by atoms with van der Waals surface area (Å²) in [5.74, 6) is 3.04. The zero-order chi connectivity index (χ0) is 13.1. The molecule has 2 N–H and O–H groups in total. The van der Waals surface area contributed by atoms with Crippen LogP contribution in [0.5, 0.6) is 0 Å². The van der Waals surface area contributed by atoms with Crippen molar-refractivity contribution in [1.82, 2.24) is 19.7 Å². The molecule has 0 aliphatic carbocycles. The van der Waals surface area contributed by atoms with Crippen molar-refractivity contribution in [1.29, 1.82) is 0 Å². The average molecular weight is 267 g/mol. The molecular weight excluding hydrogens is 250 g/mol. The molecule has 0 saturated carbocycles. The van der Waals surface area contributed by atoms with E-state index < -0.39 is 0 Å². The number of oxazole rings is 1. The predicted octanol–water partition coefficient (Wildman–Crippen LogP) is 1.65. The van der Waals surface area contributed by atoms with E-state index in [0.29, 0.717) is 12.3 Å². The van der Waals surface area contributed by atoms with Gasteiger partial charge in [-0.3, -0.25) is 0 Å². The summed E-state index contributed by atoms with van der Waals surface area (Å²) in [6.07, 6.45) is 0. The summed E-state index contributed by atoms with van der Waals surface area (Å²) in [7, 11) is 0. The van der Waals surface area contributed by atoms with Crippen LogP contribution in [0.25, 0.3) is 0 Å². The second-order valence-electron chi connectivity index (χ2n) is 3.89. The molecule has 7 heteroatoms. The topological polar surface area (TPSA) is 82.8 Å². The summed E-state index contributed by atoms with van der Waals surface area (Å²) < 4.78 is 7.54. The third kappa shape index (κ3) is 2.56. The summed E-state index contributed by atoms with van der Waals surface area (Å²) >= 11 is 1.56. The maximum Gasteiger partial charge on any atom is 0.205 e. The number of aryl methyl sites for hydroxylation is 2. The van der Waals surface area contributed by atoms with Crippen LogP contribution >= 0.6 is 11.8 Å². The lowest BCUT2D eigenvalue weighted by molar-refractivity contribution is 0.489. The number of nitrogens with two attached hydrogens (primary N) is 1. The lowest BCUT2D eigenvalue weighted by Crippen LogP contribution is -2.08. The molecule has 2 aromatic heterocycles. The number of aromatic nitrogens is 4. The lowest BCUT2D eigenvalue weighted by atomic mass is 10.4. The number of nitrogens with zero attached hydrogens (tertiary/aromatic N) is 4. The van der Waals surface area contributed by atoms with E-state index in [4.69, 9.17) is 10.2 Å². The maximum absolute atomic E-state index is 5.61. The molecule has 0 radical (unpaired) electrons. The van der Waals surface area contributed by atoms with E-state index in [1.807, 2.05) is 25.3 Å². The molecule has 0 saturated heterocycles. The van der Waals surface area contributed by atoms with E-state index in [-0.39, 0.29) is 0 Å². The molecule has 0 aliphatic rings. The Kier molecular flexibility index (Phi) is 4.03. The van der Waals surface area contributed by atoms with Gasteiger partial charge in [0.1, 0.15) is 11.6 Å². The molecule has 0 spiro atoms. The second-order valence-corrected chi connectivity index (χ2v) is 4.83. The number of rotatable bonds is 5. The number of thioether (sulfide) groups is 1. The van der Waals surface area contributed by atoms with Crippen molar-refractivity contribution in [3.05, 3.63) is 23.2 Å². The molecule has 2 heterocycles. The second kappa shape index (κ2) is 5.53. The first-order valence-electron chi connectivity index (χ1n) is 5.83. The van der Waals surface area contributed by atoms with Crippen LogP contribution in [0.1, 0.15) is 30.1 Å². The quantitative estimate of drug-likeness (QED) is 0.829. The highest BCUT2D eigenvalue weighted by Crippen LogP contribution is 2.22. The summed E-state index contributed by atoms with van der Waals surface area (Å²) in [5.41, 5.74) is 6.54.